The Balaban J connectivity index is 1.40. The second-order valence-electron chi connectivity index (χ2n) is 10.1. The van der Waals surface area contributed by atoms with Crippen LogP contribution in [0.4, 0.5) is 22.0 Å². The molecule has 0 aromatic heterocycles. The molecule has 2 aliphatic carbocycles. The minimum absolute atomic E-state index is 0.169. The first-order chi connectivity index (χ1) is 16.2. The van der Waals surface area contributed by atoms with Crippen LogP contribution in [0.3, 0.4) is 0 Å². The molecule has 1 nitrogen and oxygen atoms in total. The normalized spacial score (nSPS) is 25.1. The third kappa shape index (κ3) is 6.11. The Kier molecular flexibility index (Phi) is 7.83. The van der Waals surface area contributed by atoms with Crippen LogP contribution in [-0.2, 0) is 0 Å². The molecule has 0 spiro atoms. The zero-order chi connectivity index (χ0) is 24.3. The Bertz CT molecular complexity index is 970. The Morgan fingerprint density at radius 3 is 2.32 bits per heavy atom. The van der Waals surface area contributed by atoms with Gasteiger partial charge in [0.05, 0.1) is 0 Å². The van der Waals surface area contributed by atoms with Gasteiger partial charge in [0.1, 0.15) is 5.82 Å². The molecule has 2 aromatic rings. The van der Waals surface area contributed by atoms with Gasteiger partial charge in [-0.1, -0.05) is 57.2 Å². The van der Waals surface area contributed by atoms with Crippen LogP contribution in [0, 0.1) is 29.4 Å². The summed E-state index contributed by atoms with van der Waals surface area (Å²) < 4.78 is 69.8. The SMILES string of the molecule is CCCCCC1CCC2CC(c3ccc(-c4ccc(OC(F)(F)F)c(F)c4)c(F)c3)CCC2C1. The summed E-state index contributed by atoms with van der Waals surface area (Å²) in [6.07, 6.45) is 7.56. The van der Waals surface area contributed by atoms with Gasteiger partial charge in [0, 0.05) is 5.56 Å². The number of fused-ring (bicyclic) bond motifs is 1. The quantitative estimate of drug-likeness (QED) is 0.283. The Morgan fingerprint density at radius 1 is 0.853 bits per heavy atom. The molecule has 0 radical (unpaired) electrons. The summed E-state index contributed by atoms with van der Waals surface area (Å²) in [5.74, 6) is 0.102. The molecule has 4 rings (SSSR count). The van der Waals surface area contributed by atoms with Crippen molar-refractivity contribution in [2.24, 2.45) is 17.8 Å². The van der Waals surface area contributed by atoms with Crippen molar-refractivity contribution in [1.29, 1.82) is 0 Å². The second kappa shape index (κ2) is 10.7. The van der Waals surface area contributed by atoms with Crippen molar-refractivity contribution in [3.05, 3.63) is 53.6 Å². The summed E-state index contributed by atoms with van der Waals surface area (Å²) in [6, 6.07) is 8.02. The number of rotatable bonds is 7. The molecule has 186 valence electrons. The minimum Gasteiger partial charge on any atom is -0.403 e. The van der Waals surface area contributed by atoms with Gasteiger partial charge in [-0.3, -0.25) is 0 Å². The fourth-order valence-electron chi connectivity index (χ4n) is 6.13. The Labute approximate surface area is 198 Å². The summed E-state index contributed by atoms with van der Waals surface area (Å²) >= 11 is 0. The fourth-order valence-corrected chi connectivity index (χ4v) is 6.13. The van der Waals surface area contributed by atoms with E-state index in [2.05, 4.69) is 11.7 Å². The summed E-state index contributed by atoms with van der Waals surface area (Å²) in [4.78, 5) is 0. The molecule has 0 saturated heterocycles. The molecule has 4 atom stereocenters. The summed E-state index contributed by atoms with van der Waals surface area (Å²) in [5, 5.41) is 0. The lowest BCUT2D eigenvalue weighted by Crippen LogP contribution is -2.30. The van der Waals surface area contributed by atoms with Crippen LogP contribution in [0.1, 0.15) is 82.6 Å². The van der Waals surface area contributed by atoms with E-state index in [4.69, 9.17) is 0 Å². The lowest BCUT2D eigenvalue weighted by molar-refractivity contribution is -0.275. The van der Waals surface area contributed by atoms with Crippen LogP contribution in [0.25, 0.3) is 11.1 Å². The highest BCUT2D eigenvalue weighted by Crippen LogP contribution is 2.48. The van der Waals surface area contributed by atoms with E-state index in [0.29, 0.717) is 11.8 Å². The third-order valence-electron chi connectivity index (χ3n) is 7.87. The van der Waals surface area contributed by atoms with Gasteiger partial charge in [0.2, 0.25) is 0 Å². The number of halogens is 5. The summed E-state index contributed by atoms with van der Waals surface area (Å²) in [7, 11) is 0. The highest BCUT2D eigenvalue weighted by atomic mass is 19.4. The predicted octanol–water partition coefficient (Wildman–Crippen LogP) is 9.41. The van der Waals surface area contributed by atoms with Crippen molar-refractivity contribution in [2.75, 3.05) is 0 Å². The molecular weight excluding hydrogens is 447 g/mol. The molecule has 2 fully saturated rings. The van der Waals surface area contributed by atoms with Crippen LogP contribution in [0.2, 0.25) is 0 Å². The average molecular weight is 481 g/mol. The van der Waals surface area contributed by atoms with E-state index in [-0.39, 0.29) is 11.1 Å². The average Bonchev–Trinajstić information content (AvgIpc) is 2.79. The van der Waals surface area contributed by atoms with Crippen LogP contribution in [0.15, 0.2) is 36.4 Å². The number of unbranched alkanes of at least 4 members (excludes halogenated alkanes) is 2. The van der Waals surface area contributed by atoms with Gasteiger partial charge in [-0.2, -0.15) is 0 Å². The van der Waals surface area contributed by atoms with E-state index in [1.165, 1.54) is 63.5 Å². The van der Waals surface area contributed by atoms with Gasteiger partial charge in [-0.25, -0.2) is 8.78 Å². The number of hydrogen-bond acceptors (Lipinski definition) is 1. The molecule has 2 aromatic carbocycles. The maximum atomic E-state index is 15.0. The predicted molar refractivity (Wildman–Crippen MR) is 124 cm³/mol. The molecule has 0 aliphatic heterocycles. The molecule has 0 amide bonds. The number of hydrogen-bond donors (Lipinski definition) is 0. The number of ether oxygens (including phenoxy) is 1. The molecule has 6 heteroatoms. The van der Waals surface area contributed by atoms with Crippen molar-refractivity contribution < 1.29 is 26.7 Å². The van der Waals surface area contributed by atoms with Crippen molar-refractivity contribution in [2.45, 2.75) is 83.4 Å². The smallest absolute Gasteiger partial charge is 0.403 e. The van der Waals surface area contributed by atoms with Crippen molar-refractivity contribution >= 4 is 0 Å². The summed E-state index contributed by atoms with van der Waals surface area (Å²) in [5.41, 5.74) is 1.31. The first-order valence-corrected chi connectivity index (χ1v) is 12.6. The summed E-state index contributed by atoms with van der Waals surface area (Å²) in [6.45, 7) is 2.25. The zero-order valence-corrected chi connectivity index (χ0v) is 19.6. The topological polar surface area (TPSA) is 9.23 Å². The molecule has 2 saturated carbocycles. The monoisotopic (exact) mass is 480 g/mol. The first kappa shape index (κ1) is 25.0. The van der Waals surface area contributed by atoms with E-state index < -0.39 is 23.7 Å². The number of alkyl halides is 3. The molecule has 0 heterocycles. The Morgan fingerprint density at radius 2 is 1.62 bits per heavy atom. The zero-order valence-electron chi connectivity index (χ0n) is 19.6. The molecule has 0 N–H and O–H groups in total. The maximum absolute atomic E-state index is 15.0. The van der Waals surface area contributed by atoms with E-state index in [9.17, 15) is 22.0 Å². The van der Waals surface area contributed by atoms with Crippen LogP contribution < -0.4 is 4.74 Å². The lowest BCUT2D eigenvalue weighted by Gasteiger charge is -2.42. The highest BCUT2D eigenvalue weighted by molar-refractivity contribution is 5.65. The van der Waals surface area contributed by atoms with Gasteiger partial charge < -0.3 is 4.74 Å². The molecule has 34 heavy (non-hydrogen) atoms. The highest BCUT2D eigenvalue weighted by Gasteiger charge is 2.36. The van der Waals surface area contributed by atoms with E-state index in [1.54, 1.807) is 6.07 Å². The fraction of sp³-hybridized carbons (Fsp3) is 0.571. The van der Waals surface area contributed by atoms with Crippen LogP contribution in [0.5, 0.6) is 5.75 Å². The minimum atomic E-state index is -4.98. The molecular formula is C28H33F5O. The van der Waals surface area contributed by atoms with E-state index in [0.717, 1.165) is 42.4 Å². The lowest BCUT2D eigenvalue weighted by atomic mass is 9.63. The molecule has 4 unspecified atom stereocenters. The maximum Gasteiger partial charge on any atom is 0.573 e. The van der Waals surface area contributed by atoms with E-state index in [1.807, 2.05) is 6.07 Å². The Hall–Kier alpha value is -2.11. The van der Waals surface area contributed by atoms with Gasteiger partial charge in [0.15, 0.2) is 11.6 Å². The third-order valence-corrected chi connectivity index (χ3v) is 7.87. The molecule has 2 aliphatic rings. The standard InChI is InChI=1S/C28H33F5O/c1-2-3-4-5-18-6-7-20-15-21(9-8-19(20)14-18)22-10-12-24(25(29)16-22)23-11-13-27(26(30)17-23)34-28(31,32)33/h10-13,16-21H,2-9,14-15H2,1H3. The van der Waals surface area contributed by atoms with Crippen molar-refractivity contribution in [3.63, 3.8) is 0 Å². The van der Waals surface area contributed by atoms with Gasteiger partial charge >= 0.3 is 6.36 Å². The second-order valence-corrected chi connectivity index (χ2v) is 10.1. The number of benzene rings is 2. The largest absolute Gasteiger partial charge is 0.573 e. The van der Waals surface area contributed by atoms with Crippen LogP contribution >= 0.6 is 0 Å². The van der Waals surface area contributed by atoms with Crippen LogP contribution in [-0.4, -0.2) is 6.36 Å². The van der Waals surface area contributed by atoms with Gasteiger partial charge in [-0.15, -0.1) is 13.2 Å². The van der Waals surface area contributed by atoms with Gasteiger partial charge in [0.25, 0.3) is 0 Å². The van der Waals surface area contributed by atoms with Crippen molar-refractivity contribution in [1.82, 2.24) is 0 Å². The van der Waals surface area contributed by atoms with Gasteiger partial charge in [-0.05, 0) is 85.1 Å². The van der Waals surface area contributed by atoms with E-state index >= 15 is 0 Å². The van der Waals surface area contributed by atoms with Crippen molar-refractivity contribution in [3.8, 4) is 16.9 Å². The first-order valence-electron chi connectivity index (χ1n) is 12.6. The molecule has 0 bridgehead atoms.